The molecule has 0 bridgehead atoms. The lowest BCUT2D eigenvalue weighted by Gasteiger charge is -2.17. The Morgan fingerprint density at radius 3 is 2.45 bits per heavy atom. The second kappa shape index (κ2) is 7.59. The number of imide groups is 1. The van der Waals surface area contributed by atoms with Crippen LogP contribution in [0.3, 0.4) is 0 Å². The Kier molecular flexibility index (Phi) is 5.52. The molecular weight excluding hydrogens is 282 g/mol. The van der Waals surface area contributed by atoms with Gasteiger partial charge in [-0.3, -0.25) is 19.3 Å². The van der Waals surface area contributed by atoms with Gasteiger partial charge in [-0.2, -0.15) is 0 Å². The summed E-state index contributed by atoms with van der Waals surface area (Å²) in [5, 5.41) is 6.08. The van der Waals surface area contributed by atoms with Crippen LogP contribution >= 0.6 is 0 Å². The van der Waals surface area contributed by atoms with Crippen molar-refractivity contribution in [3.63, 3.8) is 0 Å². The molecule has 1 atom stereocenters. The van der Waals surface area contributed by atoms with Crippen molar-refractivity contribution in [2.45, 2.75) is 32.2 Å². The van der Waals surface area contributed by atoms with Crippen molar-refractivity contribution in [1.29, 1.82) is 0 Å². The molecule has 2 N–H and O–H groups in total. The molecule has 0 radical (unpaired) electrons. The van der Waals surface area contributed by atoms with E-state index in [1.165, 1.54) is 4.90 Å². The van der Waals surface area contributed by atoms with Crippen molar-refractivity contribution in [2.75, 3.05) is 18.4 Å². The van der Waals surface area contributed by atoms with Gasteiger partial charge in [-0.1, -0.05) is 18.2 Å². The molecule has 6 heteroatoms. The van der Waals surface area contributed by atoms with Crippen molar-refractivity contribution in [3.8, 4) is 0 Å². The molecule has 1 aromatic rings. The summed E-state index contributed by atoms with van der Waals surface area (Å²) in [6.07, 6.45) is 0.673. The average molecular weight is 303 g/mol. The first-order valence-electron chi connectivity index (χ1n) is 7.47. The van der Waals surface area contributed by atoms with Crippen LogP contribution in [0.25, 0.3) is 0 Å². The molecule has 1 fully saturated rings. The van der Waals surface area contributed by atoms with Gasteiger partial charge in [0.05, 0.1) is 0 Å². The molecule has 1 aliphatic heterocycles. The third kappa shape index (κ3) is 4.58. The summed E-state index contributed by atoms with van der Waals surface area (Å²) in [5.74, 6) is -0.525. The molecule has 118 valence electrons. The minimum atomic E-state index is -0.183. The largest absolute Gasteiger partial charge is 0.381 e. The highest BCUT2D eigenvalue weighted by atomic mass is 16.2. The summed E-state index contributed by atoms with van der Waals surface area (Å²) >= 11 is 0. The zero-order valence-corrected chi connectivity index (χ0v) is 12.7. The molecule has 0 spiro atoms. The topological polar surface area (TPSA) is 78.5 Å². The highest BCUT2D eigenvalue weighted by Crippen LogP contribution is 2.11. The van der Waals surface area contributed by atoms with Crippen LogP contribution in [0.2, 0.25) is 0 Å². The predicted molar refractivity (Wildman–Crippen MR) is 83.1 cm³/mol. The van der Waals surface area contributed by atoms with E-state index in [0.29, 0.717) is 6.54 Å². The maximum absolute atomic E-state index is 11.8. The van der Waals surface area contributed by atoms with Crippen molar-refractivity contribution < 1.29 is 14.4 Å². The molecule has 1 aliphatic rings. The zero-order chi connectivity index (χ0) is 15.9. The number of nitrogens with one attached hydrogen (secondary N) is 2. The lowest BCUT2D eigenvalue weighted by Crippen LogP contribution is -2.37. The first-order chi connectivity index (χ1) is 10.6. The molecule has 0 saturated carbocycles. The maximum atomic E-state index is 11.8. The van der Waals surface area contributed by atoms with Crippen LogP contribution in [0.5, 0.6) is 0 Å². The Balaban J connectivity index is 1.67. The van der Waals surface area contributed by atoms with E-state index >= 15 is 0 Å². The molecule has 0 aliphatic carbocycles. The smallest absolute Gasteiger partial charge is 0.229 e. The molecule has 2 rings (SSSR count). The fourth-order valence-electron chi connectivity index (χ4n) is 2.31. The summed E-state index contributed by atoms with van der Waals surface area (Å²) in [6.45, 7) is 2.63. The van der Waals surface area contributed by atoms with Gasteiger partial charge in [-0.15, -0.1) is 0 Å². The second-order valence-corrected chi connectivity index (χ2v) is 5.40. The number of carbonyl (C=O) groups excluding carboxylic acids is 3. The zero-order valence-electron chi connectivity index (χ0n) is 12.7. The number of rotatable bonds is 7. The second-order valence-electron chi connectivity index (χ2n) is 5.40. The predicted octanol–water partition coefficient (Wildman–Crippen LogP) is 1.14. The highest BCUT2D eigenvalue weighted by molar-refractivity contribution is 6.02. The van der Waals surface area contributed by atoms with E-state index in [9.17, 15) is 14.4 Å². The van der Waals surface area contributed by atoms with Gasteiger partial charge in [-0.05, 0) is 19.1 Å². The molecule has 0 aromatic heterocycles. The summed E-state index contributed by atoms with van der Waals surface area (Å²) in [4.78, 5) is 35.8. The first-order valence-corrected chi connectivity index (χ1v) is 7.47. The van der Waals surface area contributed by atoms with Crippen LogP contribution in [0, 0.1) is 0 Å². The van der Waals surface area contributed by atoms with E-state index in [0.717, 1.165) is 5.69 Å². The first kappa shape index (κ1) is 16.0. The van der Waals surface area contributed by atoms with Gasteiger partial charge in [0, 0.05) is 44.1 Å². The van der Waals surface area contributed by atoms with Crippen LogP contribution in [0.4, 0.5) is 5.69 Å². The summed E-state index contributed by atoms with van der Waals surface area (Å²) in [7, 11) is 0. The summed E-state index contributed by atoms with van der Waals surface area (Å²) in [6, 6.07) is 9.83. The number of nitrogens with zero attached hydrogens (tertiary/aromatic N) is 1. The maximum Gasteiger partial charge on any atom is 0.229 e. The minimum absolute atomic E-state index is 0.0846. The molecule has 0 unspecified atom stereocenters. The van der Waals surface area contributed by atoms with E-state index in [4.69, 9.17) is 0 Å². The number of para-hydroxylation sites is 1. The van der Waals surface area contributed by atoms with Gasteiger partial charge >= 0.3 is 0 Å². The van der Waals surface area contributed by atoms with Crippen LogP contribution in [-0.4, -0.2) is 41.8 Å². The normalized spacial score (nSPS) is 15.8. The molecule has 6 nitrogen and oxygen atoms in total. The van der Waals surface area contributed by atoms with Gasteiger partial charge in [0.15, 0.2) is 0 Å². The Hall–Kier alpha value is -2.37. The van der Waals surface area contributed by atoms with Crippen LogP contribution in [-0.2, 0) is 14.4 Å². The van der Waals surface area contributed by atoms with Gasteiger partial charge in [0.25, 0.3) is 0 Å². The number of hydrogen-bond acceptors (Lipinski definition) is 4. The van der Waals surface area contributed by atoms with Crippen LogP contribution in [0.15, 0.2) is 30.3 Å². The number of carbonyl (C=O) groups is 3. The number of benzene rings is 1. The molecular formula is C16H21N3O3. The third-order valence-electron chi connectivity index (χ3n) is 3.51. The standard InChI is InChI=1S/C16H21N3O3/c1-12(18-13-5-3-2-4-6-13)11-17-14(20)9-10-19-15(21)7-8-16(19)22/h2-6,12,18H,7-11H2,1H3,(H,17,20)/t12-/m1/s1. The van der Waals surface area contributed by atoms with Gasteiger partial charge in [0.2, 0.25) is 17.7 Å². The average Bonchev–Trinajstić information content (AvgIpc) is 2.83. The monoisotopic (exact) mass is 303 g/mol. The molecule has 1 saturated heterocycles. The Morgan fingerprint density at radius 2 is 1.82 bits per heavy atom. The van der Waals surface area contributed by atoms with E-state index in [-0.39, 0.29) is 49.6 Å². The van der Waals surface area contributed by atoms with Crippen molar-refractivity contribution >= 4 is 23.4 Å². The number of anilines is 1. The fraction of sp³-hybridized carbons (Fsp3) is 0.438. The highest BCUT2D eigenvalue weighted by Gasteiger charge is 2.28. The fourth-order valence-corrected chi connectivity index (χ4v) is 2.31. The Labute approximate surface area is 129 Å². The molecule has 3 amide bonds. The number of hydrogen-bond donors (Lipinski definition) is 2. The number of amides is 3. The Morgan fingerprint density at radius 1 is 1.18 bits per heavy atom. The van der Waals surface area contributed by atoms with Crippen molar-refractivity contribution in [2.24, 2.45) is 0 Å². The van der Waals surface area contributed by atoms with E-state index in [1.54, 1.807) is 0 Å². The van der Waals surface area contributed by atoms with Gasteiger partial charge < -0.3 is 10.6 Å². The third-order valence-corrected chi connectivity index (χ3v) is 3.51. The van der Waals surface area contributed by atoms with Crippen LogP contribution < -0.4 is 10.6 Å². The van der Waals surface area contributed by atoms with Crippen molar-refractivity contribution in [3.05, 3.63) is 30.3 Å². The molecule has 1 aromatic carbocycles. The SMILES string of the molecule is C[C@H](CNC(=O)CCN1C(=O)CCC1=O)Nc1ccccc1. The minimum Gasteiger partial charge on any atom is -0.381 e. The number of likely N-dealkylation sites (tertiary alicyclic amines) is 1. The molecule has 22 heavy (non-hydrogen) atoms. The lowest BCUT2D eigenvalue weighted by molar-refractivity contribution is -0.138. The summed E-state index contributed by atoms with van der Waals surface area (Å²) in [5.41, 5.74) is 0.998. The van der Waals surface area contributed by atoms with E-state index in [1.807, 2.05) is 37.3 Å². The quantitative estimate of drug-likeness (QED) is 0.741. The van der Waals surface area contributed by atoms with E-state index in [2.05, 4.69) is 10.6 Å². The van der Waals surface area contributed by atoms with E-state index < -0.39 is 0 Å². The Bertz CT molecular complexity index is 529. The molecule has 1 heterocycles. The van der Waals surface area contributed by atoms with Gasteiger partial charge in [0.1, 0.15) is 0 Å². The lowest BCUT2D eigenvalue weighted by atomic mass is 10.2. The summed E-state index contributed by atoms with van der Waals surface area (Å²) < 4.78 is 0. The van der Waals surface area contributed by atoms with Crippen LogP contribution in [0.1, 0.15) is 26.2 Å². The van der Waals surface area contributed by atoms with Crippen molar-refractivity contribution in [1.82, 2.24) is 10.2 Å². The van der Waals surface area contributed by atoms with Gasteiger partial charge in [-0.25, -0.2) is 0 Å².